The van der Waals surface area contributed by atoms with Gasteiger partial charge in [0, 0.05) is 25.3 Å². The van der Waals surface area contributed by atoms with Gasteiger partial charge in [0.25, 0.3) is 0 Å². The third-order valence-electron chi connectivity index (χ3n) is 4.68. The predicted octanol–water partition coefficient (Wildman–Crippen LogP) is 3.21. The van der Waals surface area contributed by atoms with Crippen LogP contribution < -0.4 is 15.5 Å². The fourth-order valence-corrected chi connectivity index (χ4v) is 3.74. The Hall–Kier alpha value is -1.58. The van der Waals surface area contributed by atoms with Gasteiger partial charge in [-0.1, -0.05) is 13.8 Å². The molecule has 1 aliphatic heterocycles. The average molecular weight is 461 g/mol. The minimum absolute atomic E-state index is 0.0284. The number of ether oxygens (including phenoxy) is 4. The molecule has 8 nitrogen and oxygen atoms in total. The summed E-state index contributed by atoms with van der Waals surface area (Å²) in [5, 5.41) is 2.95. The largest absolute Gasteiger partial charge is 0.491 e. The van der Waals surface area contributed by atoms with Crippen molar-refractivity contribution in [3.8, 4) is 5.75 Å². The van der Waals surface area contributed by atoms with Crippen molar-refractivity contribution in [2.75, 3.05) is 21.0 Å². The number of hydrogen-bond acceptors (Lipinski definition) is 6. The molecule has 0 aromatic carbocycles. The molecule has 1 aromatic heterocycles. The van der Waals surface area contributed by atoms with Crippen LogP contribution in [0.5, 0.6) is 5.75 Å². The first-order valence-electron chi connectivity index (χ1n) is 8.99. The van der Waals surface area contributed by atoms with Crippen LogP contribution in [-0.2, 0) is 20.8 Å². The highest BCUT2D eigenvalue weighted by Crippen LogP contribution is 2.46. The van der Waals surface area contributed by atoms with Crippen LogP contribution in [0.15, 0.2) is 15.5 Å². The molecule has 0 fully saturated rings. The summed E-state index contributed by atoms with van der Waals surface area (Å²) >= 11 is 3.29. The van der Waals surface area contributed by atoms with Gasteiger partial charge in [-0.2, -0.15) is 0 Å². The zero-order valence-electron chi connectivity index (χ0n) is 17.4. The first-order chi connectivity index (χ1) is 12.9. The fraction of sp³-hybridized carbons (Fsp3) is 0.684. The molecule has 2 rings (SSSR count). The van der Waals surface area contributed by atoms with Crippen molar-refractivity contribution < 1.29 is 23.7 Å². The van der Waals surface area contributed by atoms with Crippen LogP contribution in [0.25, 0.3) is 0 Å². The Kier molecular flexibility index (Phi) is 6.83. The van der Waals surface area contributed by atoms with E-state index < -0.39 is 23.2 Å². The number of alkyl carbamates (subject to hydrolysis) is 1. The molecule has 0 saturated heterocycles. The SMILES string of the molecule is COCOC1c2c(OC)c(=O)c(Br)cn2CC(NC(=O)OC(C)(C)C)C1(C)C. The molecule has 0 saturated carbocycles. The maximum Gasteiger partial charge on any atom is 0.407 e. The van der Waals surface area contributed by atoms with Crippen molar-refractivity contribution in [2.45, 2.75) is 58.9 Å². The molecule has 2 unspecified atom stereocenters. The summed E-state index contributed by atoms with van der Waals surface area (Å²) in [6.45, 7) is 9.81. The van der Waals surface area contributed by atoms with E-state index >= 15 is 0 Å². The molecule has 28 heavy (non-hydrogen) atoms. The Labute approximate surface area is 173 Å². The predicted molar refractivity (Wildman–Crippen MR) is 108 cm³/mol. The number of carbonyl (C=O) groups excluding carboxylic acids is 1. The number of hydrogen-bond donors (Lipinski definition) is 1. The first-order valence-corrected chi connectivity index (χ1v) is 9.78. The molecular formula is C19H29BrN2O6. The summed E-state index contributed by atoms with van der Waals surface area (Å²) in [5.74, 6) is 0.208. The molecule has 1 amide bonds. The lowest BCUT2D eigenvalue weighted by Crippen LogP contribution is -2.55. The molecule has 1 N–H and O–H groups in total. The second-order valence-corrected chi connectivity index (χ2v) is 9.20. The van der Waals surface area contributed by atoms with Gasteiger partial charge in [0.15, 0.2) is 5.75 Å². The molecule has 2 heterocycles. The van der Waals surface area contributed by atoms with Gasteiger partial charge in [-0.05, 0) is 36.7 Å². The van der Waals surface area contributed by atoms with Crippen molar-refractivity contribution >= 4 is 22.0 Å². The standard InChI is InChI=1S/C19H29BrN2O6/c1-18(2,3)28-17(24)21-12-9-22-8-11(20)14(23)15(26-7)13(22)16(19(12,4)5)27-10-25-6/h8,12,16H,9-10H2,1-7H3,(H,21,24). The number of fused-ring (bicyclic) bond motifs is 1. The normalized spacial score (nSPS) is 21.0. The summed E-state index contributed by atoms with van der Waals surface area (Å²) in [6, 6.07) is -0.323. The minimum atomic E-state index is -0.608. The Bertz CT molecular complexity index is 784. The van der Waals surface area contributed by atoms with Gasteiger partial charge in [-0.25, -0.2) is 4.79 Å². The van der Waals surface area contributed by atoms with E-state index in [1.54, 1.807) is 6.20 Å². The van der Waals surface area contributed by atoms with Crippen molar-refractivity contribution in [2.24, 2.45) is 5.41 Å². The first kappa shape index (κ1) is 22.7. The maximum absolute atomic E-state index is 12.6. The van der Waals surface area contributed by atoms with Gasteiger partial charge < -0.3 is 28.8 Å². The number of nitrogens with one attached hydrogen (secondary N) is 1. The Morgan fingerprint density at radius 1 is 1.36 bits per heavy atom. The molecule has 0 aliphatic carbocycles. The highest BCUT2D eigenvalue weighted by molar-refractivity contribution is 9.10. The lowest BCUT2D eigenvalue weighted by molar-refractivity contribution is -0.134. The van der Waals surface area contributed by atoms with Crippen LogP contribution in [0, 0.1) is 5.41 Å². The number of amides is 1. The summed E-state index contributed by atoms with van der Waals surface area (Å²) in [4.78, 5) is 25.0. The highest BCUT2D eigenvalue weighted by atomic mass is 79.9. The van der Waals surface area contributed by atoms with E-state index in [9.17, 15) is 9.59 Å². The van der Waals surface area contributed by atoms with Crippen molar-refractivity contribution in [1.29, 1.82) is 0 Å². The molecule has 0 radical (unpaired) electrons. The molecular weight excluding hydrogens is 432 g/mol. The van der Waals surface area contributed by atoms with Gasteiger partial charge in [0.05, 0.1) is 23.3 Å². The second-order valence-electron chi connectivity index (χ2n) is 8.35. The minimum Gasteiger partial charge on any atom is -0.491 e. The summed E-state index contributed by atoms with van der Waals surface area (Å²) in [6.07, 6.45) is 0.617. The average Bonchev–Trinajstić information content (AvgIpc) is 2.55. The molecule has 0 spiro atoms. The van der Waals surface area contributed by atoms with Crippen LogP contribution in [0.2, 0.25) is 0 Å². The van der Waals surface area contributed by atoms with E-state index in [4.69, 9.17) is 18.9 Å². The smallest absolute Gasteiger partial charge is 0.407 e. The van der Waals surface area contributed by atoms with Crippen LogP contribution in [0.3, 0.4) is 0 Å². The van der Waals surface area contributed by atoms with Crippen LogP contribution in [0.4, 0.5) is 4.79 Å². The van der Waals surface area contributed by atoms with Crippen molar-refractivity contribution in [3.63, 3.8) is 0 Å². The summed E-state index contributed by atoms with van der Waals surface area (Å²) < 4.78 is 24.1. The van der Waals surface area contributed by atoms with E-state index in [1.165, 1.54) is 14.2 Å². The number of pyridine rings is 1. The van der Waals surface area contributed by atoms with Crippen LogP contribution in [0.1, 0.15) is 46.4 Å². The van der Waals surface area contributed by atoms with Gasteiger partial charge in [-0.15, -0.1) is 0 Å². The van der Waals surface area contributed by atoms with E-state index in [1.807, 2.05) is 39.2 Å². The lowest BCUT2D eigenvalue weighted by atomic mass is 9.74. The number of aromatic nitrogens is 1. The Balaban J connectivity index is 2.50. The monoisotopic (exact) mass is 460 g/mol. The van der Waals surface area contributed by atoms with Crippen molar-refractivity contribution in [3.05, 3.63) is 26.6 Å². The quantitative estimate of drug-likeness (QED) is 0.678. The maximum atomic E-state index is 12.6. The molecule has 1 aliphatic rings. The van der Waals surface area contributed by atoms with Gasteiger partial charge >= 0.3 is 6.09 Å². The van der Waals surface area contributed by atoms with Gasteiger partial charge in [-0.3, -0.25) is 4.79 Å². The zero-order valence-corrected chi connectivity index (χ0v) is 19.0. The molecule has 9 heteroatoms. The number of rotatable bonds is 5. The van der Waals surface area contributed by atoms with Gasteiger partial charge in [0.1, 0.15) is 18.5 Å². The van der Waals surface area contributed by atoms with Crippen molar-refractivity contribution in [1.82, 2.24) is 9.88 Å². The zero-order chi connectivity index (χ0) is 21.3. The van der Waals surface area contributed by atoms with Gasteiger partial charge in [0.2, 0.25) is 5.43 Å². The number of halogens is 1. The molecule has 1 aromatic rings. The number of methoxy groups -OCH3 is 2. The molecule has 0 bridgehead atoms. The van der Waals surface area contributed by atoms with E-state index in [-0.39, 0.29) is 24.0 Å². The van der Waals surface area contributed by atoms with E-state index in [0.29, 0.717) is 16.7 Å². The lowest BCUT2D eigenvalue weighted by Gasteiger charge is -2.46. The topological polar surface area (TPSA) is 88.0 Å². The van der Waals surface area contributed by atoms with E-state index in [2.05, 4.69) is 21.2 Å². The van der Waals surface area contributed by atoms with Crippen LogP contribution in [-0.4, -0.2) is 43.3 Å². The molecule has 158 valence electrons. The Morgan fingerprint density at radius 3 is 2.54 bits per heavy atom. The Morgan fingerprint density at radius 2 is 2.00 bits per heavy atom. The summed E-state index contributed by atoms with van der Waals surface area (Å²) in [5.41, 5.74) is -0.832. The third kappa shape index (κ3) is 4.69. The number of nitrogens with zero attached hydrogens (tertiary/aromatic N) is 1. The third-order valence-corrected chi connectivity index (χ3v) is 5.25. The van der Waals surface area contributed by atoms with Crippen LogP contribution >= 0.6 is 15.9 Å². The molecule has 2 atom stereocenters. The summed E-state index contributed by atoms with van der Waals surface area (Å²) in [7, 11) is 2.98. The highest BCUT2D eigenvalue weighted by Gasteiger charge is 2.47. The van der Waals surface area contributed by atoms with E-state index in [0.717, 1.165) is 0 Å². The second kappa shape index (κ2) is 8.42. The fourth-order valence-electron chi connectivity index (χ4n) is 3.32. The number of carbonyl (C=O) groups is 1.